The maximum Gasteiger partial charge on any atom is 0.252 e. The number of hydrogen-bond donors (Lipinski definition) is 2. The fourth-order valence-corrected chi connectivity index (χ4v) is 2.33. The Hall–Kier alpha value is -2.63. The molecule has 0 aliphatic heterocycles. The van der Waals surface area contributed by atoms with Crippen LogP contribution in [0, 0.1) is 0 Å². The van der Waals surface area contributed by atoms with Crippen LogP contribution >= 0.6 is 23.2 Å². The van der Waals surface area contributed by atoms with E-state index in [1.165, 1.54) is 6.07 Å². The molecule has 0 saturated carbocycles. The number of hydrogen-bond acceptors (Lipinski definition) is 4. The second-order valence-electron chi connectivity index (χ2n) is 4.89. The highest BCUT2D eigenvalue weighted by Crippen LogP contribution is 2.21. The summed E-state index contributed by atoms with van der Waals surface area (Å²) in [7, 11) is 0. The average molecular weight is 359 g/mol. The van der Waals surface area contributed by atoms with Gasteiger partial charge in [-0.1, -0.05) is 59.6 Å². The van der Waals surface area contributed by atoms with Crippen LogP contribution in [-0.2, 0) is 0 Å². The van der Waals surface area contributed by atoms with Crippen LogP contribution in [0.3, 0.4) is 0 Å². The number of H-pyrrole nitrogens is 1. The van der Waals surface area contributed by atoms with Gasteiger partial charge in [0.05, 0.1) is 22.0 Å². The van der Waals surface area contributed by atoms with Gasteiger partial charge in [-0.2, -0.15) is 5.10 Å². The summed E-state index contributed by atoms with van der Waals surface area (Å²) >= 11 is 11.8. The Balaban J connectivity index is 1.80. The van der Waals surface area contributed by atoms with E-state index in [4.69, 9.17) is 23.2 Å². The second kappa shape index (κ2) is 7.29. The monoisotopic (exact) mass is 358 g/mol. The SMILES string of the molecule is O=c1cc(-c2ccccc2)nc(N/N=C\c2ccc(Cl)c(Cl)c2)[nH]1. The maximum atomic E-state index is 11.8. The molecule has 0 aliphatic carbocycles. The molecule has 3 rings (SSSR count). The molecule has 0 unspecified atom stereocenters. The van der Waals surface area contributed by atoms with Gasteiger partial charge in [-0.25, -0.2) is 10.4 Å². The highest BCUT2D eigenvalue weighted by atomic mass is 35.5. The van der Waals surface area contributed by atoms with Gasteiger partial charge in [0.15, 0.2) is 0 Å². The molecule has 5 nitrogen and oxygen atoms in total. The van der Waals surface area contributed by atoms with E-state index in [0.717, 1.165) is 11.1 Å². The third-order valence-electron chi connectivity index (χ3n) is 3.14. The zero-order valence-electron chi connectivity index (χ0n) is 12.3. The molecule has 0 saturated heterocycles. The van der Waals surface area contributed by atoms with Crippen LogP contribution in [0.15, 0.2) is 64.5 Å². The quantitative estimate of drug-likeness (QED) is 0.542. The van der Waals surface area contributed by atoms with Crippen molar-refractivity contribution in [2.45, 2.75) is 0 Å². The number of benzene rings is 2. The number of aromatic amines is 1. The Morgan fingerprint density at radius 2 is 1.83 bits per heavy atom. The van der Waals surface area contributed by atoms with E-state index in [1.807, 2.05) is 30.3 Å². The van der Waals surface area contributed by atoms with E-state index in [9.17, 15) is 4.79 Å². The van der Waals surface area contributed by atoms with Crippen LogP contribution in [0.4, 0.5) is 5.95 Å². The zero-order chi connectivity index (χ0) is 16.9. The van der Waals surface area contributed by atoms with Crippen molar-refractivity contribution in [1.29, 1.82) is 0 Å². The van der Waals surface area contributed by atoms with Gasteiger partial charge in [-0.3, -0.25) is 9.78 Å². The minimum atomic E-state index is -0.268. The lowest BCUT2D eigenvalue weighted by molar-refractivity contribution is 1.09. The first kappa shape index (κ1) is 16.2. The fraction of sp³-hybridized carbons (Fsp3) is 0. The molecule has 120 valence electrons. The van der Waals surface area contributed by atoms with Gasteiger partial charge in [-0.15, -0.1) is 0 Å². The summed E-state index contributed by atoms with van der Waals surface area (Å²) in [5.74, 6) is 0.248. The summed E-state index contributed by atoms with van der Waals surface area (Å²) in [6, 6.07) is 16.0. The molecule has 0 spiro atoms. The van der Waals surface area contributed by atoms with Gasteiger partial charge in [0, 0.05) is 11.6 Å². The Labute approximate surface area is 148 Å². The summed E-state index contributed by atoms with van der Waals surface area (Å²) in [6.07, 6.45) is 1.55. The molecule has 1 heterocycles. The van der Waals surface area contributed by atoms with Crippen molar-refractivity contribution in [2.24, 2.45) is 5.10 Å². The van der Waals surface area contributed by atoms with Gasteiger partial charge in [-0.05, 0) is 17.7 Å². The molecule has 0 bridgehead atoms. The van der Waals surface area contributed by atoms with E-state index in [0.29, 0.717) is 15.7 Å². The van der Waals surface area contributed by atoms with Crippen molar-refractivity contribution in [3.8, 4) is 11.3 Å². The zero-order valence-corrected chi connectivity index (χ0v) is 13.8. The topological polar surface area (TPSA) is 70.1 Å². The summed E-state index contributed by atoms with van der Waals surface area (Å²) in [6.45, 7) is 0. The van der Waals surface area contributed by atoms with Crippen LogP contribution in [0.2, 0.25) is 10.0 Å². The van der Waals surface area contributed by atoms with E-state index in [1.54, 1.807) is 24.4 Å². The smallest absolute Gasteiger partial charge is 0.252 e. The fourth-order valence-electron chi connectivity index (χ4n) is 2.03. The van der Waals surface area contributed by atoms with Crippen molar-refractivity contribution in [3.05, 3.63) is 80.6 Å². The number of nitrogens with one attached hydrogen (secondary N) is 2. The normalized spacial score (nSPS) is 10.9. The average Bonchev–Trinajstić information content (AvgIpc) is 2.58. The van der Waals surface area contributed by atoms with Crippen molar-refractivity contribution >= 4 is 35.4 Å². The number of halogens is 2. The summed E-state index contributed by atoms with van der Waals surface area (Å²) < 4.78 is 0. The molecule has 0 fully saturated rings. The van der Waals surface area contributed by atoms with Crippen LogP contribution < -0.4 is 11.0 Å². The molecule has 1 aromatic heterocycles. The molecule has 24 heavy (non-hydrogen) atoms. The Bertz CT molecular complexity index is 939. The third-order valence-corrected chi connectivity index (χ3v) is 3.88. The van der Waals surface area contributed by atoms with Gasteiger partial charge >= 0.3 is 0 Å². The first-order chi connectivity index (χ1) is 11.6. The van der Waals surface area contributed by atoms with Gasteiger partial charge in [0.2, 0.25) is 5.95 Å². The van der Waals surface area contributed by atoms with Gasteiger partial charge in [0.1, 0.15) is 0 Å². The molecule has 2 aromatic carbocycles. The molecule has 0 aliphatic rings. The van der Waals surface area contributed by atoms with Crippen molar-refractivity contribution in [2.75, 3.05) is 5.43 Å². The van der Waals surface area contributed by atoms with Crippen molar-refractivity contribution < 1.29 is 0 Å². The van der Waals surface area contributed by atoms with Gasteiger partial charge < -0.3 is 0 Å². The highest BCUT2D eigenvalue weighted by molar-refractivity contribution is 6.42. The van der Waals surface area contributed by atoms with Crippen molar-refractivity contribution in [3.63, 3.8) is 0 Å². The van der Waals surface area contributed by atoms with E-state index in [2.05, 4.69) is 20.5 Å². The number of nitrogens with zero attached hydrogens (tertiary/aromatic N) is 2. The predicted molar refractivity (Wildman–Crippen MR) is 98.0 cm³/mol. The Kier molecular flexibility index (Phi) is 4.93. The number of aromatic nitrogens is 2. The van der Waals surface area contributed by atoms with E-state index in [-0.39, 0.29) is 11.5 Å². The Morgan fingerprint density at radius 3 is 2.58 bits per heavy atom. The molecular formula is C17H12Cl2N4O. The molecule has 0 amide bonds. The molecule has 2 N–H and O–H groups in total. The summed E-state index contributed by atoms with van der Waals surface area (Å²) in [4.78, 5) is 18.7. The lowest BCUT2D eigenvalue weighted by Gasteiger charge is -2.03. The highest BCUT2D eigenvalue weighted by Gasteiger charge is 2.03. The predicted octanol–water partition coefficient (Wildman–Crippen LogP) is 4.19. The van der Waals surface area contributed by atoms with Crippen LogP contribution in [-0.4, -0.2) is 16.2 Å². The Morgan fingerprint density at radius 1 is 1.04 bits per heavy atom. The molecular weight excluding hydrogens is 347 g/mol. The number of hydrazone groups is 1. The largest absolute Gasteiger partial charge is 0.291 e. The first-order valence-corrected chi connectivity index (χ1v) is 7.78. The number of anilines is 1. The lowest BCUT2D eigenvalue weighted by atomic mass is 10.1. The van der Waals surface area contributed by atoms with E-state index < -0.39 is 0 Å². The van der Waals surface area contributed by atoms with Crippen LogP contribution in [0.1, 0.15) is 5.56 Å². The second-order valence-corrected chi connectivity index (χ2v) is 5.70. The molecule has 0 radical (unpaired) electrons. The van der Waals surface area contributed by atoms with Gasteiger partial charge in [0.25, 0.3) is 5.56 Å². The third kappa shape index (κ3) is 4.01. The molecule has 3 aromatic rings. The van der Waals surface area contributed by atoms with E-state index >= 15 is 0 Å². The maximum absolute atomic E-state index is 11.8. The minimum absolute atomic E-state index is 0.248. The molecule has 7 heteroatoms. The summed E-state index contributed by atoms with van der Waals surface area (Å²) in [5.41, 5.74) is 4.61. The number of rotatable bonds is 4. The van der Waals surface area contributed by atoms with Crippen LogP contribution in [0.25, 0.3) is 11.3 Å². The van der Waals surface area contributed by atoms with Crippen molar-refractivity contribution in [1.82, 2.24) is 9.97 Å². The molecule has 0 atom stereocenters. The minimum Gasteiger partial charge on any atom is -0.291 e. The summed E-state index contributed by atoms with van der Waals surface area (Å²) in [5, 5.41) is 4.97. The lowest BCUT2D eigenvalue weighted by Crippen LogP contribution is -2.10. The standard InChI is InChI=1S/C17H12Cl2N4O/c18-13-7-6-11(8-14(13)19)10-20-23-17-21-15(9-16(24)22-17)12-4-2-1-3-5-12/h1-10H,(H2,21,22,23,24)/b20-10-. The first-order valence-electron chi connectivity index (χ1n) is 7.03. The van der Waals surface area contributed by atoms with Crippen LogP contribution in [0.5, 0.6) is 0 Å².